The highest BCUT2D eigenvalue weighted by molar-refractivity contribution is 8.00. The molecule has 2 heterocycles. The van der Waals surface area contributed by atoms with Crippen molar-refractivity contribution in [2.24, 2.45) is 0 Å². The summed E-state index contributed by atoms with van der Waals surface area (Å²) in [6, 6.07) is 0.282. The van der Waals surface area contributed by atoms with Crippen molar-refractivity contribution < 1.29 is 4.74 Å². The molecule has 4 nitrogen and oxygen atoms in total. The van der Waals surface area contributed by atoms with Gasteiger partial charge in [-0.25, -0.2) is 0 Å². The molecule has 6 heteroatoms. The number of nitrogens with zero attached hydrogens (tertiary/aromatic N) is 2. The first-order chi connectivity index (χ1) is 9.27. The van der Waals surface area contributed by atoms with E-state index < -0.39 is 0 Å². The number of thioether (sulfide) groups is 1. The first kappa shape index (κ1) is 15.2. The van der Waals surface area contributed by atoms with Crippen LogP contribution in [-0.4, -0.2) is 41.0 Å². The van der Waals surface area contributed by atoms with Gasteiger partial charge in [-0.15, -0.1) is 0 Å². The third-order valence-corrected chi connectivity index (χ3v) is 5.15. The minimum absolute atomic E-state index is 0.282. The molecule has 1 fully saturated rings. The zero-order valence-corrected chi connectivity index (χ0v) is 13.1. The number of hydrogen-bond acceptors (Lipinski definition) is 4. The number of rotatable bonds is 7. The highest BCUT2D eigenvalue weighted by atomic mass is 35.5. The van der Waals surface area contributed by atoms with Gasteiger partial charge in [-0.3, -0.25) is 4.68 Å². The van der Waals surface area contributed by atoms with Gasteiger partial charge in [0.1, 0.15) is 0 Å². The van der Waals surface area contributed by atoms with E-state index in [-0.39, 0.29) is 6.04 Å². The topological polar surface area (TPSA) is 39.1 Å². The molecule has 0 spiro atoms. The summed E-state index contributed by atoms with van der Waals surface area (Å²) in [5.74, 6) is 1.25. The Hall–Kier alpha value is -0.230. The molecule has 1 aliphatic heterocycles. The van der Waals surface area contributed by atoms with Crippen molar-refractivity contribution in [1.29, 1.82) is 0 Å². The first-order valence-corrected chi connectivity index (χ1v) is 8.25. The lowest BCUT2D eigenvalue weighted by atomic mass is 10.1. The van der Waals surface area contributed by atoms with Crippen molar-refractivity contribution in [3.63, 3.8) is 0 Å². The van der Waals surface area contributed by atoms with Crippen LogP contribution in [0.15, 0.2) is 6.20 Å². The summed E-state index contributed by atoms with van der Waals surface area (Å²) < 4.78 is 7.13. The molecule has 0 radical (unpaired) electrons. The average Bonchev–Trinajstić information content (AvgIpc) is 3.04. The van der Waals surface area contributed by atoms with Crippen molar-refractivity contribution >= 4 is 23.4 Å². The Morgan fingerprint density at radius 1 is 1.68 bits per heavy atom. The minimum Gasteiger partial charge on any atom is -0.383 e. The van der Waals surface area contributed by atoms with Crippen LogP contribution in [-0.2, 0) is 11.3 Å². The van der Waals surface area contributed by atoms with Crippen molar-refractivity contribution in [3.8, 4) is 0 Å². The van der Waals surface area contributed by atoms with Crippen molar-refractivity contribution in [3.05, 3.63) is 16.9 Å². The summed E-state index contributed by atoms with van der Waals surface area (Å²) in [4.78, 5) is 0. The molecule has 2 atom stereocenters. The van der Waals surface area contributed by atoms with Crippen LogP contribution in [0.5, 0.6) is 0 Å². The molecule has 0 aromatic carbocycles. The van der Waals surface area contributed by atoms with Crippen LogP contribution >= 0.6 is 23.4 Å². The first-order valence-electron chi connectivity index (χ1n) is 6.83. The highest BCUT2D eigenvalue weighted by Crippen LogP contribution is 2.38. The van der Waals surface area contributed by atoms with Gasteiger partial charge in [-0.1, -0.05) is 18.5 Å². The fourth-order valence-electron chi connectivity index (χ4n) is 2.53. The Labute approximate surface area is 124 Å². The predicted octanol–water partition coefficient (Wildman–Crippen LogP) is 2.73. The van der Waals surface area contributed by atoms with Gasteiger partial charge in [-0.05, 0) is 25.1 Å². The second-order valence-corrected chi connectivity index (χ2v) is 6.43. The maximum atomic E-state index is 6.36. The van der Waals surface area contributed by atoms with E-state index in [1.165, 1.54) is 18.6 Å². The van der Waals surface area contributed by atoms with Gasteiger partial charge >= 0.3 is 0 Å². The van der Waals surface area contributed by atoms with Crippen LogP contribution in [0.4, 0.5) is 0 Å². The van der Waals surface area contributed by atoms with Crippen LogP contribution in [0.25, 0.3) is 0 Å². The summed E-state index contributed by atoms with van der Waals surface area (Å²) in [5, 5.41) is 9.31. The summed E-state index contributed by atoms with van der Waals surface area (Å²) >= 11 is 8.40. The van der Waals surface area contributed by atoms with Gasteiger partial charge in [0.25, 0.3) is 0 Å². The SMILES string of the molecule is CCNC(c1c(Cl)cnn1CCOC)C1CCCS1. The lowest BCUT2D eigenvalue weighted by molar-refractivity contribution is 0.181. The molecule has 108 valence electrons. The summed E-state index contributed by atoms with van der Waals surface area (Å²) in [5.41, 5.74) is 1.11. The molecule has 0 saturated carbocycles. The van der Waals surface area contributed by atoms with Crippen LogP contribution in [0, 0.1) is 0 Å². The average molecular weight is 304 g/mol. The molecule has 2 rings (SSSR count). The molecule has 1 aliphatic rings. The second kappa shape index (κ2) is 7.53. The monoisotopic (exact) mass is 303 g/mol. The van der Waals surface area contributed by atoms with Gasteiger partial charge in [0.2, 0.25) is 0 Å². The Balaban J connectivity index is 2.21. The van der Waals surface area contributed by atoms with E-state index in [4.69, 9.17) is 16.3 Å². The Kier molecular flexibility index (Phi) is 6.01. The number of nitrogens with one attached hydrogen (secondary N) is 1. The lowest BCUT2D eigenvalue weighted by Gasteiger charge is -2.25. The Morgan fingerprint density at radius 3 is 3.16 bits per heavy atom. The maximum absolute atomic E-state index is 6.36. The predicted molar refractivity (Wildman–Crippen MR) is 81.0 cm³/mol. The number of hydrogen-bond donors (Lipinski definition) is 1. The molecule has 1 aromatic rings. The summed E-state index contributed by atoms with van der Waals surface area (Å²) in [6.45, 7) is 4.48. The number of methoxy groups -OCH3 is 1. The quantitative estimate of drug-likeness (QED) is 0.841. The van der Waals surface area contributed by atoms with Gasteiger partial charge < -0.3 is 10.1 Å². The van der Waals surface area contributed by atoms with E-state index in [1.807, 2.05) is 16.4 Å². The van der Waals surface area contributed by atoms with Crippen molar-refractivity contribution in [1.82, 2.24) is 15.1 Å². The van der Waals surface area contributed by atoms with Gasteiger partial charge in [0.15, 0.2) is 0 Å². The van der Waals surface area contributed by atoms with E-state index in [0.29, 0.717) is 11.9 Å². The van der Waals surface area contributed by atoms with E-state index in [9.17, 15) is 0 Å². The Bertz CT molecular complexity index is 393. The zero-order valence-electron chi connectivity index (χ0n) is 11.6. The molecule has 0 aliphatic carbocycles. The van der Waals surface area contributed by atoms with E-state index in [1.54, 1.807) is 13.3 Å². The third-order valence-electron chi connectivity index (χ3n) is 3.40. The summed E-state index contributed by atoms with van der Waals surface area (Å²) in [6.07, 6.45) is 4.28. The normalized spacial score (nSPS) is 20.9. The highest BCUT2D eigenvalue weighted by Gasteiger charge is 2.30. The standard InChI is InChI=1S/C13H22ClN3OS/c1-3-15-12(11-5-4-8-19-11)13-10(14)9-16-17(13)6-7-18-2/h9,11-12,15H,3-8H2,1-2H3. The number of aromatic nitrogens is 2. The smallest absolute Gasteiger partial charge is 0.0834 e. The van der Waals surface area contributed by atoms with Gasteiger partial charge in [-0.2, -0.15) is 16.9 Å². The molecule has 0 amide bonds. The van der Waals surface area contributed by atoms with Gasteiger partial charge in [0.05, 0.1) is 36.1 Å². The third kappa shape index (κ3) is 3.66. The summed E-state index contributed by atoms with van der Waals surface area (Å²) in [7, 11) is 1.71. The lowest BCUT2D eigenvalue weighted by Crippen LogP contribution is -2.31. The van der Waals surface area contributed by atoms with E-state index in [2.05, 4.69) is 17.3 Å². The molecule has 19 heavy (non-hydrogen) atoms. The molecular formula is C13H22ClN3OS. The van der Waals surface area contributed by atoms with Crippen LogP contribution < -0.4 is 5.32 Å². The van der Waals surface area contributed by atoms with Gasteiger partial charge in [0, 0.05) is 12.4 Å². The molecule has 1 aromatic heterocycles. The van der Waals surface area contributed by atoms with Crippen LogP contribution in [0.1, 0.15) is 31.5 Å². The minimum atomic E-state index is 0.282. The van der Waals surface area contributed by atoms with Crippen LogP contribution in [0.3, 0.4) is 0 Å². The maximum Gasteiger partial charge on any atom is 0.0834 e. The fraction of sp³-hybridized carbons (Fsp3) is 0.769. The molecule has 1 saturated heterocycles. The van der Waals surface area contributed by atoms with E-state index >= 15 is 0 Å². The number of ether oxygens (including phenoxy) is 1. The molecular weight excluding hydrogens is 282 g/mol. The van der Waals surface area contributed by atoms with Crippen molar-refractivity contribution in [2.75, 3.05) is 26.0 Å². The second-order valence-electron chi connectivity index (χ2n) is 4.68. The van der Waals surface area contributed by atoms with Crippen molar-refractivity contribution in [2.45, 2.75) is 37.6 Å². The van der Waals surface area contributed by atoms with E-state index in [0.717, 1.165) is 23.8 Å². The van der Waals surface area contributed by atoms with Crippen LogP contribution in [0.2, 0.25) is 5.02 Å². The molecule has 2 unspecified atom stereocenters. The molecule has 1 N–H and O–H groups in total. The fourth-order valence-corrected chi connectivity index (χ4v) is 4.17. The number of halogens is 1. The molecule has 0 bridgehead atoms. The largest absolute Gasteiger partial charge is 0.383 e. The zero-order chi connectivity index (χ0) is 13.7. The Morgan fingerprint density at radius 2 is 2.53 bits per heavy atom.